The standard InChI is InChI=1S/C16H21NO3/c1-3-16(9-4-5-10-16)15(20)17-13-11(2)7-6-8-12(13)14(18)19/h6-8H,3-5,9-10H2,1-2H3,(H,17,20)(H,18,19). The van der Waals surface area contributed by atoms with Crippen molar-refractivity contribution in [3.05, 3.63) is 29.3 Å². The summed E-state index contributed by atoms with van der Waals surface area (Å²) in [6, 6.07) is 5.03. The van der Waals surface area contributed by atoms with Gasteiger partial charge in [-0.3, -0.25) is 4.79 Å². The van der Waals surface area contributed by atoms with Crippen LogP contribution in [0.4, 0.5) is 5.69 Å². The summed E-state index contributed by atoms with van der Waals surface area (Å²) >= 11 is 0. The van der Waals surface area contributed by atoms with Gasteiger partial charge in [-0.25, -0.2) is 4.79 Å². The van der Waals surface area contributed by atoms with Gasteiger partial charge in [-0.2, -0.15) is 0 Å². The van der Waals surface area contributed by atoms with Crippen LogP contribution in [0.3, 0.4) is 0 Å². The molecule has 1 amide bonds. The number of carbonyl (C=O) groups is 2. The van der Waals surface area contributed by atoms with Crippen LogP contribution in [-0.4, -0.2) is 17.0 Å². The third-order valence-corrected chi connectivity index (χ3v) is 4.46. The average Bonchev–Trinajstić information content (AvgIpc) is 2.90. The summed E-state index contributed by atoms with van der Waals surface area (Å²) in [7, 11) is 0. The molecule has 0 spiro atoms. The molecule has 0 heterocycles. The highest BCUT2D eigenvalue weighted by atomic mass is 16.4. The number of aromatic carboxylic acids is 1. The van der Waals surface area contributed by atoms with E-state index < -0.39 is 5.97 Å². The van der Waals surface area contributed by atoms with Crippen molar-refractivity contribution in [2.24, 2.45) is 5.41 Å². The average molecular weight is 275 g/mol. The van der Waals surface area contributed by atoms with Gasteiger partial charge in [0.1, 0.15) is 0 Å². The first-order chi connectivity index (χ1) is 9.50. The van der Waals surface area contributed by atoms with Gasteiger partial charge in [-0.05, 0) is 37.8 Å². The smallest absolute Gasteiger partial charge is 0.337 e. The maximum Gasteiger partial charge on any atom is 0.337 e. The molecule has 4 nitrogen and oxygen atoms in total. The van der Waals surface area contributed by atoms with E-state index in [1.165, 1.54) is 6.07 Å². The van der Waals surface area contributed by atoms with Crippen molar-refractivity contribution in [2.75, 3.05) is 5.32 Å². The van der Waals surface area contributed by atoms with Crippen LogP contribution >= 0.6 is 0 Å². The molecule has 2 N–H and O–H groups in total. The topological polar surface area (TPSA) is 66.4 Å². The number of para-hydroxylation sites is 1. The molecule has 0 radical (unpaired) electrons. The Hall–Kier alpha value is -1.84. The summed E-state index contributed by atoms with van der Waals surface area (Å²) in [5.74, 6) is -1.05. The lowest BCUT2D eigenvalue weighted by Gasteiger charge is -2.26. The Morgan fingerprint density at radius 1 is 1.30 bits per heavy atom. The lowest BCUT2D eigenvalue weighted by Crippen LogP contribution is -2.34. The van der Waals surface area contributed by atoms with Crippen molar-refractivity contribution in [1.82, 2.24) is 0 Å². The Morgan fingerprint density at radius 2 is 1.95 bits per heavy atom. The van der Waals surface area contributed by atoms with Crippen LogP contribution in [0.5, 0.6) is 0 Å². The normalized spacial score (nSPS) is 16.9. The number of carboxylic acids is 1. The third-order valence-electron chi connectivity index (χ3n) is 4.46. The molecule has 108 valence electrons. The SMILES string of the molecule is CCC1(C(=O)Nc2c(C)cccc2C(=O)O)CCCC1. The van der Waals surface area contributed by atoms with Gasteiger partial charge in [0, 0.05) is 5.41 Å². The van der Waals surface area contributed by atoms with E-state index in [2.05, 4.69) is 5.32 Å². The maximum absolute atomic E-state index is 12.6. The number of aryl methyl sites for hydroxylation is 1. The van der Waals surface area contributed by atoms with Crippen LogP contribution < -0.4 is 5.32 Å². The van der Waals surface area contributed by atoms with E-state index in [0.29, 0.717) is 5.69 Å². The zero-order valence-electron chi connectivity index (χ0n) is 12.0. The maximum atomic E-state index is 12.6. The van der Waals surface area contributed by atoms with E-state index >= 15 is 0 Å². The quantitative estimate of drug-likeness (QED) is 0.882. The zero-order valence-corrected chi connectivity index (χ0v) is 12.0. The summed E-state index contributed by atoms with van der Waals surface area (Å²) in [5.41, 5.74) is 1.05. The number of hydrogen-bond donors (Lipinski definition) is 2. The van der Waals surface area contributed by atoms with Crippen LogP contribution in [-0.2, 0) is 4.79 Å². The second-order valence-corrected chi connectivity index (χ2v) is 5.60. The molecule has 0 aromatic heterocycles. The molecule has 0 unspecified atom stereocenters. The molecule has 1 aromatic carbocycles. The first-order valence-corrected chi connectivity index (χ1v) is 7.14. The molecule has 0 saturated heterocycles. The number of amides is 1. The second kappa shape index (κ2) is 5.65. The fourth-order valence-corrected chi connectivity index (χ4v) is 3.05. The van der Waals surface area contributed by atoms with E-state index in [1.54, 1.807) is 6.07 Å². The molecule has 1 aromatic rings. The minimum Gasteiger partial charge on any atom is -0.478 e. The van der Waals surface area contributed by atoms with Crippen LogP contribution in [0.25, 0.3) is 0 Å². The van der Waals surface area contributed by atoms with E-state index in [0.717, 1.165) is 37.7 Å². The Kier molecular flexibility index (Phi) is 4.12. The summed E-state index contributed by atoms with van der Waals surface area (Å²) in [5, 5.41) is 12.1. The monoisotopic (exact) mass is 275 g/mol. The largest absolute Gasteiger partial charge is 0.478 e. The number of benzene rings is 1. The van der Waals surface area contributed by atoms with Crippen LogP contribution in [0.1, 0.15) is 54.9 Å². The Bertz CT molecular complexity index is 531. The highest BCUT2D eigenvalue weighted by Gasteiger charge is 2.39. The van der Waals surface area contributed by atoms with Crippen LogP contribution in [0, 0.1) is 12.3 Å². The van der Waals surface area contributed by atoms with Crippen LogP contribution in [0.2, 0.25) is 0 Å². The van der Waals surface area contributed by atoms with E-state index in [1.807, 2.05) is 19.9 Å². The van der Waals surface area contributed by atoms with Crippen molar-refractivity contribution in [3.63, 3.8) is 0 Å². The highest BCUT2D eigenvalue weighted by molar-refractivity contribution is 6.03. The minimum atomic E-state index is -1.01. The molecule has 20 heavy (non-hydrogen) atoms. The predicted molar refractivity (Wildman–Crippen MR) is 78.0 cm³/mol. The molecular formula is C16H21NO3. The zero-order chi connectivity index (χ0) is 14.8. The van der Waals surface area contributed by atoms with Gasteiger partial charge in [0.2, 0.25) is 5.91 Å². The Labute approximate surface area is 119 Å². The molecule has 0 bridgehead atoms. The number of carboxylic acid groups (broad SMARTS) is 1. The van der Waals surface area contributed by atoms with E-state index in [9.17, 15) is 14.7 Å². The van der Waals surface area contributed by atoms with Crippen molar-refractivity contribution >= 4 is 17.6 Å². The molecular weight excluding hydrogens is 254 g/mol. The van der Waals surface area contributed by atoms with E-state index in [-0.39, 0.29) is 16.9 Å². The molecule has 0 atom stereocenters. The molecule has 1 aliphatic carbocycles. The predicted octanol–water partition coefficient (Wildman–Crippen LogP) is 3.60. The summed E-state index contributed by atoms with van der Waals surface area (Å²) in [6.45, 7) is 3.84. The third kappa shape index (κ3) is 2.55. The van der Waals surface area contributed by atoms with Gasteiger partial charge in [-0.15, -0.1) is 0 Å². The Morgan fingerprint density at radius 3 is 2.50 bits per heavy atom. The number of nitrogens with one attached hydrogen (secondary N) is 1. The van der Waals surface area contributed by atoms with Crippen molar-refractivity contribution in [1.29, 1.82) is 0 Å². The highest BCUT2D eigenvalue weighted by Crippen LogP contribution is 2.42. The summed E-state index contributed by atoms with van der Waals surface area (Å²) < 4.78 is 0. The van der Waals surface area contributed by atoms with Gasteiger partial charge in [0.05, 0.1) is 11.3 Å². The first kappa shape index (κ1) is 14.6. The van der Waals surface area contributed by atoms with Crippen molar-refractivity contribution < 1.29 is 14.7 Å². The summed E-state index contributed by atoms with van der Waals surface area (Å²) in [6.07, 6.45) is 4.72. The van der Waals surface area contributed by atoms with Crippen molar-refractivity contribution in [3.8, 4) is 0 Å². The lowest BCUT2D eigenvalue weighted by molar-refractivity contribution is -0.125. The van der Waals surface area contributed by atoms with Crippen LogP contribution in [0.15, 0.2) is 18.2 Å². The number of carbonyl (C=O) groups excluding carboxylic acids is 1. The van der Waals surface area contributed by atoms with Gasteiger partial charge >= 0.3 is 5.97 Å². The molecule has 1 saturated carbocycles. The van der Waals surface area contributed by atoms with E-state index in [4.69, 9.17) is 0 Å². The molecule has 2 rings (SSSR count). The second-order valence-electron chi connectivity index (χ2n) is 5.60. The first-order valence-electron chi connectivity index (χ1n) is 7.14. The van der Waals surface area contributed by atoms with Gasteiger partial charge in [0.25, 0.3) is 0 Å². The fourth-order valence-electron chi connectivity index (χ4n) is 3.05. The number of hydrogen-bond acceptors (Lipinski definition) is 2. The molecule has 1 fully saturated rings. The summed E-state index contributed by atoms with van der Waals surface area (Å²) in [4.78, 5) is 23.9. The van der Waals surface area contributed by atoms with Gasteiger partial charge < -0.3 is 10.4 Å². The molecule has 1 aliphatic rings. The fraction of sp³-hybridized carbons (Fsp3) is 0.500. The number of anilines is 1. The molecule has 0 aliphatic heterocycles. The number of rotatable bonds is 4. The van der Waals surface area contributed by atoms with Crippen molar-refractivity contribution in [2.45, 2.75) is 46.0 Å². The lowest BCUT2D eigenvalue weighted by atomic mass is 9.82. The minimum absolute atomic E-state index is 0.0331. The van der Waals surface area contributed by atoms with Gasteiger partial charge in [-0.1, -0.05) is 31.9 Å². The van der Waals surface area contributed by atoms with Gasteiger partial charge in [0.15, 0.2) is 0 Å². The Balaban J connectivity index is 2.30. The molecule has 4 heteroatoms.